The number of carbonyl (C=O) groups is 1. The summed E-state index contributed by atoms with van der Waals surface area (Å²) in [5.41, 5.74) is 5.56. The molecule has 0 saturated heterocycles. The quantitative estimate of drug-likeness (QED) is 0.725. The van der Waals surface area contributed by atoms with Crippen LogP contribution in [-0.4, -0.2) is 20.5 Å². The molecular formula is C10H12ClN3O3S. The maximum atomic E-state index is 11.9. The van der Waals surface area contributed by atoms with Crippen molar-refractivity contribution < 1.29 is 13.2 Å². The van der Waals surface area contributed by atoms with Gasteiger partial charge in [0, 0.05) is 11.1 Å². The second kappa shape index (κ2) is 4.66. The van der Waals surface area contributed by atoms with Gasteiger partial charge in [0.2, 0.25) is 0 Å². The number of nitrogens with one attached hydrogen (secondary N) is 2. The number of carbonyl (C=O) groups excluding carboxylic acids is 1. The Morgan fingerprint density at radius 3 is 2.61 bits per heavy atom. The summed E-state index contributed by atoms with van der Waals surface area (Å²) < 4.78 is 25.7. The Morgan fingerprint density at radius 2 is 2.06 bits per heavy atom. The maximum absolute atomic E-state index is 11.9. The normalized spacial score (nSPS) is 15.2. The predicted octanol–water partition coefficient (Wildman–Crippen LogP) is 1.07. The second-order valence-corrected chi connectivity index (χ2v) is 6.12. The molecule has 1 aliphatic carbocycles. The van der Waals surface area contributed by atoms with Gasteiger partial charge in [-0.15, -0.1) is 0 Å². The molecule has 1 aromatic rings. The molecule has 4 N–H and O–H groups in total. The Labute approximate surface area is 110 Å². The number of urea groups is 1. The summed E-state index contributed by atoms with van der Waals surface area (Å²) in [6.07, 6.45) is 1.74. The lowest BCUT2D eigenvalue weighted by Crippen LogP contribution is -2.40. The Kier molecular flexibility index (Phi) is 3.36. The summed E-state index contributed by atoms with van der Waals surface area (Å²) in [5, 5.41) is 2.84. The van der Waals surface area contributed by atoms with Crippen molar-refractivity contribution in [3.8, 4) is 0 Å². The van der Waals surface area contributed by atoms with Crippen LogP contribution in [-0.2, 0) is 10.0 Å². The van der Waals surface area contributed by atoms with Crippen LogP contribution in [0.2, 0.25) is 5.02 Å². The molecular weight excluding hydrogens is 278 g/mol. The average molecular weight is 290 g/mol. The molecule has 0 unspecified atom stereocenters. The minimum Gasteiger partial charge on any atom is -0.398 e. The number of halogens is 1. The summed E-state index contributed by atoms with van der Waals surface area (Å²) in [6, 6.07) is 3.29. The molecule has 0 atom stereocenters. The molecule has 1 aliphatic rings. The summed E-state index contributed by atoms with van der Waals surface area (Å²) in [7, 11) is -3.97. The zero-order chi connectivity index (χ0) is 13.3. The van der Waals surface area contributed by atoms with Crippen LogP contribution in [0.15, 0.2) is 23.1 Å². The molecule has 0 spiro atoms. The van der Waals surface area contributed by atoms with Crippen molar-refractivity contribution in [3.63, 3.8) is 0 Å². The number of anilines is 1. The monoisotopic (exact) mass is 289 g/mol. The van der Waals surface area contributed by atoms with Crippen molar-refractivity contribution in [2.75, 3.05) is 5.73 Å². The molecule has 98 valence electrons. The van der Waals surface area contributed by atoms with Crippen LogP contribution >= 0.6 is 11.6 Å². The van der Waals surface area contributed by atoms with Gasteiger partial charge in [0.1, 0.15) is 4.90 Å². The van der Waals surface area contributed by atoms with Crippen molar-refractivity contribution in [3.05, 3.63) is 23.2 Å². The van der Waals surface area contributed by atoms with Crippen molar-refractivity contribution in [1.82, 2.24) is 10.0 Å². The highest BCUT2D eigenvalue weighted by atomic mass is 35.5. The molecule has 0 heterocycles. The molecule has 1 fully saturated rings. The van der Waals surface area contributed by atoms with E-state index >= 15 is 0 Å². The Balaban J connectivity index is 2.16. The molecule has 1 aromatic carbocycles. The van der Waals surface area contributed by atoms with Crippen LogP contribution in [0.5, 0.6) is 0 Å². The first-order chi connectivity index (χ1) is 8.38. The summed E-state index contributed by atoms with van der Waals surface area (Å²) in [6.45, 7) is 0. The highest BCUT2D eigenvalue weighted by Gasteiger charge is 2.26. The van der Waals surface area contributed by atoms with Crippen LogP contribution in [0.1, 0.15) is 12.8 Å². The molecule has 8 heteroatoms. The standard InChI is InChI=1S/C10H12ClN3O3S/c11-6-1-4-9(8(12)5-6)18(16,17)14-10(15)13-7-2-3-7/h1,4-5,7H,2-3,12H2,(H2,13,14,15). The fourth-order valence-electron chi connectivity index (χ4n) is 1.38. The van der Waals surface area contributed by atoms with Gasteiger partial charge >= 0.3 is 6.03 Å². The fourth-order valence-corrected chi connectivity index (χ4v) is 2.59. The van der Waals surface area contributed by atoms with Gasteiger partial charge in [-0.05, 0) is 31.0 Å². The van der Waals surface area contributed by atoms with Gasteiger partial charge in [-0.1, -0.05) is 11.6 Å². The molecule has 6 nitrogen and oxygen atoms in total. The first kappa shape index (κ1) is 13.0. The third-order valence-electron chi connectivity index (χ3n) is 2.40. The molecule has 2 amide bonds. The number of hydrogen-bond acceptors (Lipinski definition) is 4. The Bertz CT molecular complexity index is 584. The fraction of sp³-hybridized carbons (Fsp3) is 0.300. The highest BCUT2D eigenvalue weighted by Crippen LogP contribution is 2.22. The number of hydrogen-bond donors (Lipinski definition) is 3. The number of sulfonamides is 1. The first-order valence-electron chi connectivity index (χ1n) is 5.27. The SMILES string of the molecule is Nc1cc(Cl)ccc1S(=O)(=O)NC(=O)NC1CC1. The zero-order valence-electron chi connectivity index (χ0n) is 9.31. The van der Waals surface area contributed by atoms with Crippen LogP contribution in [0.4, 0.5) is 10.5 Å². The predicted molar refractivity (Wildman–Crippen MR) is 67.7 cm³/mol. The number of nitrogen functional groups attached to an aromatic ring is 1. The maximum Gasteiger partial charge on any atom is 0.328 e. The smallest absolute Gasteiger partial charge is 0.328 e. The summed E-state index contributed by atoms with van der Waals surface area (Å²) >= 11 is 5.68. The number of rotatable bonds is 3. The largest absolute Gasteiger partial charge is 0.398 e. The molecule has 0 bridgehead atoms. The van der Waals surface area contributed by atoms with E-state index in [0.717, 1.165) is 12.8 Å². The van der Waals surface area contributed by atoms with Crippen LogP contribution in [0.25, 0.3) is 0 Å². The van der Waals surface area contributed by atoms with Crippen molar-refractivity contribution in [2.45, 2.75) is 23.8 Å². The molecule has 1 saturated carbocycles. The Hall–Kier alpha value is -1.47. The summed E-state index contributed by atoms with van der Waals surface area (Å²) in [5.74, 6) is 0. The van der Waals surface area contributed by atoms with E-state index in [-0.39, 0.29) is 16.6 Å². The topological polar surface area (TPSA) is 101 Å². The van der Waals surface area contributed by atoms with Gasteiger partial charge in [0.05, 0.1) is 5.69 Å². The Morgan fingerprint density at radius 1 is 1.39 bits per heavy atom. The third-order valence-corrected chi connectivity index (χ3v) is 4.04. The van der Waals surface area contributed by atoms with E-state index in [1.54, 1.807) is 0 Å². The first-order valence-corrected chi connectivity index (χ1v) is 7.13. The van der Waals surface area contributed by atoms with E-state index in [9.17, 15) is 13.2 Å². The second-order valence-electron chi connectivity index (χ2n) is 4.04. The van der Waals surface area contributed by atoms with Crippen molar-refractivity contribution >= 4 is 33.3 Å². The van der Waals surface area contributed by atoms with Crippen LogP contribution in [0.3, 0.4) is 0 Å². The molecule has 0 aromatic heterocycles. The van der Waals surface area contributed by atoms with Crippen LogP contribution < -0.4 is 15.8 Å². The lowest BCUT2D eigenvalue weighted by molar-refractivity contribution is 0.245. The summed E-state index contributed by atoms with van der Waals surface area (Å²) in [4.78, 5) is 11.2. The number of benzene rings is 1. The lowest BCUT2D eigenvalue weighted by atomic mass is 10.3. The van der Waals surface area contributed by atoms with E-state index in [0.29, 0.717) is 5.02 Å². The van der Waals surface area contributed by atoms with Crippen molar-refractivity contribution in [1.29, 1.82) is 0 Å². The van der Waals surface area contributed by atoms with E-state index in [1.165, 1.54) is 18.2 Å². The third kappa shape index (κ3) is 3.05. The highest BCUT2D eigenvalue weighted by molar-refractivity contribution is 7.90. The minimum atomic E-state index is -3.97. The van der Waals surface area contributed by atoms with Gasteiger partial charge in [0.25, 0.3) is 10.0 Å². The molecule has 0 radical (unpaired) electrons. The van der Waals surface area contributed by atoms with Crippen LogP contribution in [0, 0.1) is 0 Å². The molecule has 0 aliphatic heterocycles. The van der Waals surface area contributed by atoms with Gasteiger partial charge in [0.15, 0.2) is 0 Å². The zero-order valence-corrected chi connectivity index (χ0v) is 10.9. The number of nitrogens with two attached hydrogens (primary N) is 1. The van der Waals surface area contributed by atoms with Gasteiger partial charge in [-0.2, -0.15) is 0 Å². The van der Waals surface area contributed by atoms with E-state index < -0.39 is 16.1 Å². The van der Waals surface area contributed by atoms with Gasteiger partial charge < -0.3 is 11.1 Å². The van der Waals surface area contributed by atoms with Crippen molar-refractivity contribution in [2.24, 2.45) is 0 Å². The lowest BCUT2D eigenvalue weighted by Gasteiger charge is -2.09. The molecule has 18 heavy (non-hydrogen) atoms. The molecule has 2 rings (SSSR count). The average Bonchev–Trinajstić information content (AvgIpc) is 2.99. The van der Waals surface area contributed by atoms with E-state index in [2.05, 4.69) is 5.32 Å². The number of amides is 2. The van der Waals surface area contributed by atoms with Gasteiger partial charge in [-0.25, -0.2) is 17.9 Å². The minimum absolute atomic E-state index is 0.00535. The van der Waals surface area contributed by atoms with Gasteiger partial charge in [-0.3, -0.25) is 0 Å². The van der Waals surface area contributed by atoms with E-state index in [4.69, 9.17) is 17.3 Å². The van der Waals surface area contributed by atoms with E-state index in [1.807, 2.05) is 4.72 Å².